The molecule has 2 N–H and O–H groups in total. The predicted molar refractivity (Wildman–Crippen MR) is 86.2 cm³/mol. The van der Waals surface area contributed by atoms with E-state index < -0.39 is 0 Å². The van der Waals surface area contributed by atoms with Gasteiger partial charge in [0.15, 0.2) is 0 Å². The van der Waals surface area contributed by atoms with Gasteiger partial charge in [-0.3, -0.25) is 5.10 Å². The van der Waals surface area contributed by atoms with Crippen LogP contribution in [0.2, 0.25) is 0 Å². The summed E-state index contributed by atoms with van der Waals surface area (Å²) in [5, 5.41) is 10.8. The normalized spacial score (nSPS) is 22.7. The van der Waals surface area contributed by atoms with Crippen molar-refractivity contribution in [2.45, 2.75) is 64.5 Å². The van der Waals surface area contributed by atoms with Crippen LogP contribution in [0, 0.1) is 12.8 Å². The van der Waals surface area contributed by atoms with Crippen LogP contribution in [0.3, 0.4) is 0 Å². The topological polar surface area (TPSA) is 44.0 Å². The first kappa shape index (κ1) is 15.0. The second-order valence-corrected chi connectivity index (χ2v) is 6.98. The Morgan fingerprint density at radius 3 is 2.62 bits per heavy atom. The largest absolute Gasteiger partial charge is 0.310 e. The number of rotatable bonds is 5. The quantitative estimate of drug-likeness (QED) is 0.876. The minimum Gasteiger partial charge on any atom is -0.310 e. The molecule has 118 valence electrons. The Balaban J connectivity index is 1.35. The molecule has 4 nitrogen and oxygen atoms in total. The van der Waals surface area contributed by atoms with Gasteiger partial charge in [-0.25, -0.2) is 0 Å². The van der Waals surface area contributed by atoms with Crippen LogP contribution in [-0.4, -0.2) is 40.8 Å². The number of nitrogens with one attached hydrogen (secondary N) is 2. The number of piperidine rings is 1. The Labute approximate surface area is 128 Å². The van der Waals surface area contributed by atoms with Gasteiger partial charge in [0.25, 0.3) is 0 Å². The van der Waals surface area contributed by atoms with E-state index in [0.717, 1.165) is 12.5 Å². The molecule has 3 rings (SSSR count). The summed E-state index contributed by atoms with van der Waals surface area (Å²) in [5.41, 5.74) is 2.50. The smallest absolute Gasteiger partial charge is 0.0535 e. The third kappa shape index (κ3) is 4.30. The van der Waals surface area contributed by atoms with Gasteiger partial charge in [0.05, 0.1) is 6.20 Å². The second kappa shape index (κ2) is 7.41. The Bertz CT molecular complexity index is 414. The maximum Gasteiger partial charge on any atom is 0.0535 e. The molecular formula is C17H30N4. The lowest BCUT2D eigenvalue weighted by Crippen LogP contribution is -2.44. The summed E-state index contributed by atoms with van der Waals surface area (Å²) >= 11 is 0. The molecule has 1 aromatic heterocycles. The van der Waals surface area contributed by atoms with E-state index in [9.17, 15) is 0 Å². The fourth-order valence-electron chi connectivity index (χ4n) is 3.86. The maximum atomic E-state index is 4.09. The number of aryl methyl sites for hydroxylation is 1. The first-order valence-corrected chi connectivity index (χ1v) is 8.76. The summed E-state index contributed by atoms with van der Waals surface area (Å²) in [6.07, 6.45) is 11.9. The first-order chi connectivity index (χ1) is 10.3. The molecule has 2 aliphatic rings. The SMILES string of the molecule is Cc1[nH]ncc1CNC1CCN(CC2CCCCC2)CC1. The number of nitrogens with zero attached hydrogens (tertiary/aromatic N) is 2. The Morgan fingerprint density at radius 1 is 1.19 bits per heavy atom. The molecule has 1 saturated heterocycles. The van der Waals surface area contributed by atoms with Crippen LogP contribution in [0.15, 0.2) is 6.20 Å². The highest BCUT2D eigenvalue weighted by Gasteiger charge is 2.22. The minimum atomic E-state index is 0.682. The minimum absolute atomic E-state index is 0.682. The molecule has 0 bridgehead atoms. The van der Waals surface area contributed by atoms with Gasteiger partial charge in [-0.1, -0.05) is 19.3 Å². The fraction of sp³-hybridized carbons (Fsp3) is 0.824. The third-order valence-electron chi connectivity index (χ3n) is 5.34. The number of aromatic nitrogens is 2. The van der Waals surface area contributed by atoms with Crippen LogP contribution in [0.5, 0.6) is 0 Å². The van der Waals surface area contributed by atoms with Crippen molar-refractivity contribution in [3.05, 3.63) is 17.5 Å². The number of likely N-dealkylation sites (tertiary alicyclic amines) is 1. The van der Waals surface area contributed by atoms with Crippen LogP contribution in [-0.2, 0) is 6.54 Å². The Hall–Kier alpha value is -0.870. The predicted octanol–water partition coefficient (Wildman–Crippen LogP) is 2.85. The number of hydrogen-bond acceptors (Lipinski definition) is 3. The molecule has 0 unspecified atom stereocenters. The Kier molecular flexibility index (Phi) is 5.31. The highest BCUT2D eigenvalue weighted by atomic mass is 15.1. The van der Waals surface area contributed by atoms with Crippen molar-refractivity contribution >= 4 is 0 Å². The molecule has 4 heteroatoms. The molecule has 1 saturated carbocycles. The average molecular weight is 290 g/mol. The van der Waals surface area contributed by atoms with Gasteiger partial charge < -0.3 is 10.2 Å². The molecule has 2 fully saturated rings. The van der Waals surface area contributed by atoms with E-state index in [4.69, 9.17) is 0 Å². The van der Waals surface area contributed by atoms with Crippen molar-refractivity contribution in [2.75, 3.05) is 19.6 Å². The molecule has 1 aliphatic carbocycles. The summed E-state index contributed by atoms with van der Waals surface area (Å²) in [6.45, 7) is 6.96. The van der Waals surface area contributed by atoms with Crippen LogP contribution in [0.4, 0.5) is 0 Å². The lowest BCUT2D eigenvalue weighted by molar-refractivity contribution is 0.155. The summed E-state index contributed by atoms with van der Waals surface area (Å²) in [7, 11) is 0. The molecule has 0 amide bonds. The lowest BCUT2D eigenvalue weighted by atomic mass is 9.88. The summed E-state index contributed by atoms with van der Waals surface area (Å²) in [4.78, 5) is 2.71. The van der Waals surface area contributed by atoms with Gasteiger partial charge in [-0.05, 0) is 51.6 Å². The van der Waals surface area contributed by atoms with Crippen molar-refractivity contribution < 1.29 is 0 Å². The summed E-state index contributed by atoms with van der Waals surface area (Å²) < 4.78 is 0. The van der Waals surface area contributed by atoms with Gasteiger partial charge in [-0.15, -0.1) is 0 Å². The number of aromatic amines is 1. The molecule has 1 aromatic rings. The number of H-pyrrole nitrogens is 1. The van der Waals surface area contributed by atoms with Gasteiger partial charge in [0, 0.05) is 30.4 Å². The zero-order chi connectivity index (χ0) is 14.5. The monoisotopic (exact) mass is 290 g/mol. The lowest BCUT2D eigenvalue weighted by Gasteiger charge is -2.35. The van der Waals surface area contributed by atoms with Crippen LogP contribution >= 0.6 is 0 Å². The van der Waals surface area contributed by atoms with Gasteiger partial charge >= 0.3 is 0 Å². The molecule has 0 radical (unpaired) electrons. The average Bonchev–Trinajstić information content (AvgIpc) is 2.93. The Morgan fingerprint density at radius 2 is 1.95 bits per heavy atom. The van der Waals surface area contributed by atoms with Crippen LogP contribution in [0.25, 0.3) is 0 Å². The zero-order valence-electron chi connectivity index (χ0n) is 13.4. The van der Waals surface area contributed by atoms with Crippen molar-refractivity contribution in [1.82, 2.24) is 20.4 Å². The molecule has 0 aromatic carbocycles. The van der Waals surface area contributed by atoms with Gasteiger partial charge in [-0.2, -0.15) is 5.10 Å². The molecule has 0 atom stereocenters. The standard InChI is InChI=1S/C17H30N4/c1-14-16(12-19-20-14)11-18-17-7-9-21(10-8-17)13-15-5-3-2-4-6-15/h12,15,17-18H,2-11,13H2,1H3,(H,19,20). The zero-order valence-corrected chi connectivity index (χ0v) is 13.4. The van der Waals surface area contributed by atoms with Crippen LogP contribution in [0.1, 0.15) is 56.2 Å². The van der Waals surface area contributed by atoms with Crippen molar-refractivity contribution in [3.63, 3.8) is 0 Å². The maximum absolute atomic E-state index is 4.09. The fourth-order valence-corrected chi connectivity index (χ4v) is 3.86. The molecule has 1 aliphatic heterocycles. The highest BCUT2D eigenvalue weighted by Crippen LogP contribution is 2.25. The molecular weight excluding hydrogens is 260 g/mol. The van der Waals surface area contributed by atoms with E-state index in [1.54, 1.807) is 0 Å². The first-order valence-electron chi connectivity index (χ1n) is 8.76. The second-order valence-electron chi connectivity index (χ2n) is 6.98. The highest BCUT2D eigenvalue weighted by molar-refractivity contribution is 5.13. The third-order valence-corrected chi connectivity index (χ3v) is 5.34. The van der Waals surface area contributed by atoms with Gasteiger partial charge in [0.2, 0.25) is 0 Å². The molecule has 2 heterocycles. The molecule has 21 heavy (non-hydrogen) atoms. The van der Waals surface area contributed by atoms with E-state index in [-0.39, 0.29) is 0 Å². The van der Waals surface area contributed by atoms with Gasteiger partial charge in [0.1, 0.15) is 0 Å². The van der Waals surface area contributed by atoms with E-state index in [0.29, 0.717) is 6.04 Å². The van der Waals surface area contributed by atoms with Crippen molar-refractivity contribution in [2.24, 2.45) is 5.92 Å². The number of hydrogen-bond donors (Lipinski definition) is 2. The van der Waals surface area contributed by atoms with Crippen LogP contribution < -0.4 is 5.32 Å². The van der Waals surface area contributed by atoms with E-state index in [2.05, 4.69) is 27.3 Å². The van der Waals surface area contributed by atoms with Crippen molar-refractivity contribution in [1.29, 1.82) is 0 Å². The van der Waals surface area contributed by atoms with E-state index in [1.807, 2.05) is 6.20 Å². The van der Waals surface area contributed by atoms with Crippen molar-refractivity contribution in [3.8, 4) is 0 Å². The summed E-state index contributed by atoms with van der Waals surface area (Å²) in [5.74, 6) is 0.983. The van der Waals surface area contributed by atoms with E-state index >= 15 is 0 Å². The molecule has 0 spiro atoms. The summed E-state index contributed by atoms with van der Waals surface area (Å²) in [6, 6.07) is 0.682. The van der Waals surface area contributed by atoms with E-state index in [1.165, 1.54) is 75.8 Å².